The minimum atomic E-state index is -0.415. The summed E-state index contributed by atoms with van der Waals surface area (Å²) in [7, 11) is 1.75. The molecule has 2 aromatic rings. The summed E-state index contributed by atoms with van der Waals surface area (Å²) >= 11 is 0. The van der Waals surface area contributed by atoms with Crippen LogP contribution in [-0.4, -0.2) is 25.5 Å². The van der Waals surface area contributed by atoms with E-state index in [1.54, 1.807) is 19.2 Å². The van der Waals surface area contributed by atoms with Gasteiger partial charge in [-0.3, -0.25) is 9.79 Å². The number of aryl methyl sites for hydroxylation is 1. The summed E-state index contributed by atoms with van der Waals surface area (Å²) in [6.07, 6.45) is 0. The molecule has 0 saturated heterocycles. The maximum Gasteiger partial charge on any atom is 0.248 e. The zero-order valence-electron chi connectivity index (χ0n) is 15.0. The first-order valence-corrected chi connectivity index (χ1v) is 8.39. The van der Waals surface area contributed by atoms with E-state index in [1.165, 1.54) is 11.1 Å². The lowest BCUT2D eigenvalue weighted by Gasteiger charge is -2.16. The van der Waals surface area contributed by atoms with E-state index in [4.69, 9.17) is 5.73 Å². The molecule has 4 N–H and O–H groups in total. The molecule has 1 amide bonds. The van der Waals surface area contributed by atoms with Crippen LogP contribution in [0.5, 0.6) is 0 Å². The number of hydrogen-bond donors (Lipinski definition) is 3. The lowest BCUT2D eigenvalue weighted by atomic mass is 10.0. The highest BCUT2D eigenvalue weighted by molar-refractivity contribution is 5.92. The quantitative estimate of drug-likeness (QED) is 0.559. The van der Waals surface area contributed by atoms with Crippen LogP contribution in [0.3, 0.4) is 0 Å². The molecule has 0 heterocycles. The Morgan fingerprint density at radius 2 is 1.72 bits per heavy atom. The smallest absolute Gasteiger partial charge is 0.248 e. The second kappa shape index (κ2) is 8.87. The predicted molar refractivity (Wildman–Crippen MR) is 103 cm³/mol. The molecule has 0 bridgehead atoms. The second-order valence-electron chi connectivity index (χ2n) is 6.18. The van der Waals surface area contributed by atoms with Crippen molar-refractivity contribution >= 4 is 11.9 Å². The number of primary amides is 1. The highest BCUT2D eigenvalue weighted by Gasteiger charge is 2.07. The molecule has 0 spiro atoms. The molecule has 0 aliphatic heterocycles. The van der Waals surface area contributed by atoms with Crippen LogP contribution in [-0.2, 0) is 6.54 Å². The molecular formula is C20H26N4O. The third kappa shape index (κ3) is 5.64. The number of hydrogen-bond acceptors (Lipinski definition) is 2. The predicted octanol–water partition coefficient (Wildman–Crippen LogP) is 2.56. The zero-order chi connectivity index (χ0) is 18.2. The maximum atomic E-state index is 11.1. The number of benzene rings is 2. The molecule has 132 valence electrons. The monoisotopic (exact) mass is 338 g/mol. The van der Waals surface area contributed by atoms with Crippen LogP contribution in [0, 0.1) is 6.92 Å². The Balaban J connectivity index is 1.84. The Labute approximate surface area is 149 Å². The van der Waals surface area contributed by atoms with Gasteiger partial charge in [0.15, 0.2) is 5.96 Å². The van der Waals surface area contributed by atoms with E-state index in [2.05, 4.69) is 53.7 Å². The first-order chi connectivity index (χ1) is 12.0. The summed E-state index contributed by atoms with van der Waals surface area (Å²) in [4.78, 5) is 15.3. The van der Waals surface area contributed by atoms with Gasteiger partial charge in [0.05, 0.1) is 0 Å². The number of aliphatic imine (C=N–C) groups is 1. The fourth-order valence-electron chi connectivity index (χ4n) is 2.46. The molecule has 5 heteroatoms. The van der Waals surface area contributed by atoms with Gasteiger partial charge in [-0.05, 0) is 36.1 Å². The van der Waals surface area contributed by atoms with Gasteiger partial charge in [0.1, 0.15) is 0 Å². The van der Waals surface area contributed by atoms with Gasteiger partial charge in [-0.15, -0.1) is 0 Å². The molecule has 5 nitrogen and oxygen atoms in total. The minimum absolute atomic E-state index is 0.383. The molecule has 25 heavy (non-hydrogen) atoms. The number of guanidine groups is 1. The van der Waals surface area contributed by atoms with Crippen molar-refractivity contribution in [1.29, 1.82) is 0 Å². The zero-order valence-corrected chi connectivity index (χ0v) is 15.0. The molecule has 0 aromatic heterocycles. The lowest BCUT2D eigenvalue weighted by molar-refractivity contribution is 0.100. The first-order valence-electron chi connectivity index (χ1n) is 8.39. The molecule has 0 aliphatic carbocycles. The third-order valence-electron chi connectivity index (χ3n) is 4.14. The topological polar surface area (TPSA) is 79.5 Å². The normalized spacial score (nSPS) is 12.5. The summed E-state index contributed by atoms with van der Waals surface area (Å²) < 4.78 is 0. The molecule has 0 saturated carbocycles. The van der Waals surface area contributed by atoms with E-state index >= 15 is 0 Å². The van der Waals surface area contributed by atoms with E-state index in [0.717, 1.165) is 18.1 Å². The van der Waals surface area contributed by atoms with Crippen LogP contribution in [0.2, 0.25) is 0 Å². The minimum Gasteiger partial charge on any atom is -0.366 e. The average molecular weight is 338 g/mol. The number of carbonyl (C=O) groups excluding carboxylic acids is 1. The Kier molecular flexibility index (Phi) is 6.57. The summed E-state index contributed by atoms with van der Waals surface area (Å²) in [6.45, 7) is 5.70. The van der Waals surface area contributed by atoms with Crippen LogP contribution in [0.25, 0.3) is 0 Å². The van der Waals surface area contributed by atoms with E-state index in [1.807, 2.05) is 12.1 Å². The molecule has 1 unspecified atom stereocenters. The molecule has 0 aliphatic rings. The van der Waals surface area contributed by atoms with Crippen LogP contribution >= 0.6 is 0 Å². The van der Waals surface area contributed by atoms with Gasteiger partial charge in [-0.2, -0.15) is 0 Å². The highest BCUT2D eigenvalue weighted by Crippen LogP contribution is 2.14. The number of nitrogens with two attached hydrogens (primary N) is 1. The summed E-state index contributed by atoms with van der Waals surface area (Å²) in [5, 5.41) is 6.62. The fourth-order valence-corrected chi connectivity index (χ4v) is 2.46. The standard InChI is InChI=1S/C20H26N4O/c1-14-4-8-17(9-5-14)15(2)12-23-20(22-3)24-13-16-6-10-18(11-7-16)19(21)25/h4-11,15H,12-13H2,1-3H3,(H2,21,25)(H2,22,23,24). The Bertz CT molecular complexity index is 720. The van der Waals surface area contributed by atoms with E-state index < -0.39 is 5.91 Å². The van der Waals surface area contributed by atoms with Crippen molar-refractivity contribution in [1.82, 2.24) is 10.6 Å². The van der Waals surface area contributed by atoms with E-state index in [0.29, 0.717) is 18.0 Å². The van der Waals surface area contributed by atoms with Crippen molar-refractivity contribution < 1.29 is 4.79 Å². The Morgan fingerprint density at radius 3 is 2.28 bits per heavy atom. The largest absolute Gasteiger partial charge is 0.366 e. The van der Waals surface area contributed by atoms with Crippen molar-refractivity contribution in [2.75, 3.05) is 13.6 Å². The lowest BCUT2D eigenvalue weighted by Crippen LogP contribution is -2.38. The molecule has 2 aromatic carbocycles. The molecular weight excluding hydrogens is 312 g/mol. The SMILES string of the molecule is CN=C(NCc1ccc(C(N)=O)cc1)NCC(C)c1ccc(C)cc1. The van der Waals surface area contributed by atoms with Gasteiger partial charge < -0.3 is 16.4 Å². The number of rotatable bonds is 6. The molecule has 0 fully saturated rings. The van der Waals surface area contributed by atoms with Gasteiger partial charge in [-0.25, -0.2) is 0 Å². The van der Waals surface area contributed by atoms with Gasteiger partial charge in [-0.1, -0.05) is 48.9 Å². The van der Waals surface area contributed by atoms with Gasteiger partial charge >= 0.3 is 0 Å². The summed E-state index contributed by atoms with van der Waals surface area (Å²) in [5.41, 5.74) is 9.38. The Hall–Kier alpha value is -2.82. The number of nitrogens with zero attached hydrogens (tertiary/aromatic N) is 1. The fraction of sp³-hybridized carbons (Fsp3) is 0.300. The van der Waals surface area contributed by atoms with E-state index in [-0.39, 0.29) is 0 Å². The summed E-state index contributed by atoms with van der Waals surface area (Å²) in [5.74, 6) is 0.717. The van der Waals surface area contributed by atoms with Crippen molar-refractivity contribution in [3.8, 4) is 0 Å². The van der Waals surface area contributed by atoms with Gasteiger partial charge in [0, 0.05) is 25.7 Å². The molecule has 0 radical (unpaired) electrons. The van der Waals surface area contributed by atoms with Crippen molar-refractivity contribution in [3.63, 3.8) is 0 Å². The van der Waals surface area contributed by atoms with Crippen molar-refractivity contribution in [2.45, 2.75) is 26.3 Å². The van der Waals surface area contributed by atoms with Crippen molar-refractivity contribution in [3.05, 3.63) is 70.8 Å². The Morgan fingerprint density at radius 1 is 1.08 bits per heavy atom. The highest BCUT2D eigenvalue weighted by atomic mass is 16.1. The van der Waals surface area contributed by atoms with Crippen LogP contribution in [0.4, 0.5) is 0 Å². The van der Waals surface area contributed by atoms with Gasteiger partial charge in [0.25, 0.3) is 0 Å². The number of nitrogens with one attached hydrogen (secondary N) is 2. The maximum absolute atomic E-state index is 11.1. The molecule has 1 atom stereocenters. The van der Waals surface area contributed by atoms with Gasteiger partial charge in [0.2, 0.25) is 5.91 Å². The second-order valence-corrected chi connectivity index (χ2v) is 6.18. The third-order valence-corrected chi connectivity index (χ3v) is 4.14. The van der Waals surface area contributed by atoms with Crippen LogP contribution < -0.4 is 16.4 Å². The van der Waals surface area contributed by atoms with Crippen LogP contribution in [0.15, 0.2) is 53.5 Å². The molecule has 2 rings (SSSR count). The number of amides is 1. The number of carbonyl (C=O) groups is 1. The van der Waals surface area contributed by atoms with E-state index in [9.17, 15) is 4.79 Å². The van der Waals surface area contributed by atoms with Crippen molar-refractivity contribution in [2.24, 2.45) is 10.7 Å². The average Bonchev–Trinajstić information content (AvgIpc) is 2.62. The summed E-state index contributed by atoms with van der Waals surface area (Å²) in [6, 6.07) is 15.8. The first kappa shape index (κ1) is 18.5. The van der Waals surface area contributed by atoms with Crippen LogP contribution in [0.1, 0.15) is 39.9 Å².